The lowest BCUT2D eigenvalue weighted by atomic mass is 10.2. The smallest absolute Gasteiger partial charge is 0.247 e. The van der Waals surface area contributed by atoms with Crippen LogP contribution in [0.2, 0.25) is 5.02 Å². The van der Waals surface area contributed by atoms with Crippen molar-refractivity contribution in [1.29, 1.82) is 0 Å². The van der Waals surface area contributed by atoms with Crippen LogP contribution >= 0.6 is 23.4 Å². The zero-order valence-electron chi connectivity index (χ0n) is 17.6. The van der Waals surface area contributed by atoms with Crippen molar-refractivity contribution >= 4 is 23.4 Å². The van der Waals surface area contributed by atoms with Gasteiger partial charge in [0.25, 0.3) is 0 Å². The number of methoxy groups -OCH3 is 1. The molecule has 2 heterocycles. The zero-order valence-corrected chi connectivity index (χ0v) is 19.1. The molecule has 0 saturated heterocycles. The third kappa shape index (κ3) is 4.62. The maximum absolute atomic E-state index is 5.96. The fraction of sp³-hybridized carbons (Fsp3) is 0.0833. The summed E-state index contributed by atoms with van der Waals surface area (Å²) >= 11 is 7.43. The van der Waals surface area contributed by atoms with Crippen LogP contribution in [0, 0.1) is 0 Å². The lowest BCUT2D eigenvalue weighted by Gasteiger charge is -2.10. The Balaban J connectivity index is 1.43. The van der Waals surface area contributed by atoms with Crippen molar-refractivity contribution in [3.05, 3.63) is 89.8 Å². The van der Waals surface area contributed by atoms with Gasteiger partial charge in [0.2, 0.25) is 11.8 Å². The van der Waals surface area contributed by atoms with Crippen LogP contribution in [-0.4, -0.2) is 32.1 Å². The Labute approximate surface area is 199 Å². The minimum absolute atomic E-state index is 0.448. The molecule has 0 aliphatic rings. The van der Waals surface area contributed by atoms with Gasteiger partial charge in [-0.3, -0.25) is 4.57 Å². The SMILES string of the molecule is COc1ccc(-n2c(SCc3nnc(-c4ccc(Cl)cc4)o3)nnc2-c2ccccc2)cc1. The van der Waals surface area contributed by atoms with Crippen molar-refractivity contribution in [1.82, 2.24) is 25.0 Å². The fourth-order valence-electron chi connectivity index (χ4n) is 3.25. The molecule has 0 amide bonds. The van der Waals surface area contributed by atoms with E-state index in [-0.39, 0.29) is 0 Å². The van der Waals surface area contributed by atoms with Crippen LogP contribution in [0.5, 0.6) is 5.75 Å². The lowest BCUT2D eigenvalue weighted by molar-refractivity contribution is 0.414. The van der Waals surface area contributed by atoms with Gasteiger partial charge in [0.1, 0.15) is 5.75 Å². The minimum atomic E-state index is 0.448. The Morgan fingerprint density at radius 3 is 2.33 bits per heavy atom. The number of thioether (sulfide) groups is 1. The molecule has 0 radical (unpaired) electrons. The van der Waals surface area contributed by atoms with E-state index < -0.39 is 0 Å². The first-order chi connectivity index (χ1) is 16.2. The average molecular weight is 476 g/mol. The van der Waals surface area contributed by atoms with E-state index in [1.165, 1.54) is 11.8 Å². The van der Waals surface area contributed by atoms with Crippen LogP contribution in [-0.2, 0) is 5.75 Å². The molecule has 0 atom stereocenters. The number of hydrogen-bond acceptors (Lipinski definition) is 7. The lowest BCUT2D eigenvalue weighted by Crippen LogP contribution is -2.00. The summed E-state index contributed by atoms with van der Waals surface area (Å²) in [7, 11) is 1.65. The van der Waals surface area contributed by atoms with Gasteiger partial charge in [-0.05, 0) is 48.5 Å². The van der Waals surface area contributed by atoms with Gasteiger partial charge in [-0.2, -0.15) is 0 Å². The van der Waals surface area contributed by atoms with Crippen molar-refractivity contribution < 1.29 is 9.15 Å². The quantitative estimate of drug-likeness (QED) is 0.269. The summed E-state index contributed by atoms with van der Waals surface area (Å²) in [5, 5.41) is 18.6. The van der Waals surface area contributed by atoms with Gasteiger partial charge in [-0.15, -0.1) is 20.4 Å². The summed E-state index contributed by atoms with van der Waals surface area (Å²) in [5.41, 5.74) is 2.71. The Morgan fingerprint density at radius 2 is 1.61 bits per heavy atom. The Kier molecular flexibility index (Phi) is 6.10. The first kappa shape index (κ1) is 21.2. The Hall–Kier alpha value is -3.62. The molecule has 0 bridgehead atoms. The second-order valence-electron chi connectivity index (χ2n) is 7.00. The van der Waals surface area contributed by atoms with Crippen LogP contribution < -0.4 is 4.74 Å². The van der Waals surface area contributed by atoms with Gasteiger partial charge in [0.15, 0.2) is 11.0 Å². The number of nitrogens with zero attached hydrogens (tertiary/aromatic N) is 5. The number of benzene rings is 3. The molecule has 0 fully saturated rings. The summed E-state index contributed by atoms with van der Waals surface area (Å²) in [5.74, 6) is 2.92. The van der Waals surface area contributed by atoms with E-state index in [2.05, 4.69) is 20.4 Å². The van der Waals surface area contributed by atoms with E-state index in [9.17, 15) is 0 Å². The summed E-state index contributed by atoms with van der Waals surface area (Å²) in [4.78, 5) is 0. The predicted octanol–water partition coefficient (Wildman–Crippen LogP) is 5.94. The van der Waals surface area contributed by atoms with Crippen molar-refractivity contribution in [2.45, 2.75) is 10.9 Å². The summed E-state index contributed by atoms with van der Waals surface area (Å²) in [6.45, 7) is 0. The molecule has 0 saturated carbocycles. The normalized spacial score (nSPS) is 11.0. The van der Waals surface area contributed by atoms with Gasteiger partial charge >= 0.3 is 0 Å². The van der Waals surface area contributed by atoms with Crippen LogP contribution in [0.3, 0.4) is 0 Å². The van der Waals surface area contributed by atoms with Crippen molar-refractivity contribution in [3.8, 4) is 34.3 Å². The van der Waals surface area contributed by atoms with Crippen molar-refractivity contribution in [2.24, 2.45) is 0 Å². The highest BCUT2D eigenvalue weighted by molar-refractivity contribution is 7.98. The molecule has 5 aromatic rings. The first-order valence-corrected chi connectivity index (χ1v) is 11.4. The molecular formula is C24H18ClN5O2S. The third-order valence-corrected chi connectivity index (χ3v) is 6.04. The maximum atomic E-state index is 5.96. The highest BCUT2D eigenvalue weighted by atomic mass is 35.5. The van der Waals surface area contributed by atoms with Crippen LogP contribution in [0.25, 0.3) is 28.5 Å². The number of hydrogen-bond donors (Lipinski definition) is 0. The molecule has 0 N–H and O–H groups in total. The molecule has 2 aromatic heterocycles. The average Bonchev–Trinajstić information content (AvgIpc) is 3.51. The standard InChI is InChI=1S/C24H18ClN5O2S/c1-31-20-13-11-19(12-14-20)30-22(16-5-3-2-4-6-16)27-29-24(30)33-15-21-26-28-23(32-21)17-7-9-18(25)10-8-17/h2-14H,15H2,1H3. The number of halogens is 1. The molecule has 3 aromatic carbocycles. The Morgan fingerprint density at radius 1 is 0.848 bits per heavy atom. The topological polar surface area (TPSA) is 78.9 Å². The molecule has 9 heteroatoms. The third-order valence-electron chi connectivity index (χ3n) is 4.88. The van der Waals surface area contributed by atoms with Gasteiger partial charge in [-0.1, -0.05) is 53.7 Å². The molecule has 164 valence electrons. The summed E-state index contributed by atoms with van der Waals surface area (Å²) in [6.07, 6.45) is 0. The second-order valence-corrected chi connectivity index (χ2v) is 8.38. The number of rotatable bonds is 7. The largest absolute Gasteiger partial charge is 0.497 e. The van der Waals surface area contributed by atoms with E-state index >= 15 is 0 Å². The van der Waals surface area contributed by atoms with Crippen molar-refractivity contribution in [3.63, 3.8) is 0 Å². The van der Waals surface area contributed by atoms with E-state index in [1.54, 1.807) is 19.2 Å². The molecular weight excluding hydrogens is 458 g/mol. The number of aromatic nitrogens is 5. The second kappa shape index (κ2) is 9.48. The summed E-state index contributed by atoms with van der Waals surface area (Å²) < 4.78 is 13.1. The van der Waals surface area contributed by atoms with E-state index in [0.29, 0.717) is 27.7 Å². The van der Waals surface area contributed by atoms with Gasteiger partial charge in [-0.25, -0.2) is 0 Å². The maximum Gasteiger partial charge on any atom is 0.247 e. The molecule has 5 rings (SSSR count). The fourth-order valence-corrected chi connectivity index (χ4v) is 4.16. The number of ether oxygens (including phenoxy) is 1. The molecule has 0 spiro atoms. The van der Waals surface area contributed by atoms with Crippen LogP contribution in [0.15, 0.2) is 88.4 Å². The monoisotopic (exact) mass is 475 g/mol. The van der Waals surface area contributed by atoms with E-state index in [1.807, 2.05) is 71.3 Å². The Bertz CT molecular complexity index is 1350. The van der Waals surface area contributed by atoms with E-state index in [4.69, 9.17) is 20.8 Å². The molecule has 7 nitrogen and oxygen atoms in total. The molecule has 0 aliphatic carbocycles. The first-order valence-electron chi connectivity index (χ1n) is 10.1. The molecule has 0 aliphatic heterocycles. The van der Waals surface area contributed by atoms with Gasteiger partial charge in [0, 0.05) is 21.8 Å². The minimum Gasteiger partial charge on any atom is -0.497 e. The zero-order chi connectivity index (χ0) is 22.6. The predicted molar refractivity (Wildman–Crippen MR) is 128 cm³/mol. The van der Waals surface area contributed by atoms with Gasteiger partial charge < -0.3 is 9.15 Å². The summed E-state index contributed by atoms with van der Waals surface area (Å²) in [6, 6.07) is 25.0. The molecule has 33 heavy (non-hydrogen) atoms. The van der Waals surface area contributed by atoms with E-state index in [0.717, 1.165) is 28.4 Å². The highest BCUT2D eigenvalue weighted by Crippen LogP contribution is 2.31. The highest BCUT2D eigenvalue weighted by Gasteiger charge is 2.18. The van der Waals surface area contributed by atoms with Crippen LogP contribution in [0.1, 0.15) is 5.89 Å². The van der Waals surface area contributed by atoms with Crippen molar-refractivity contribution in [2.75, 3.05) is 7.11 Å². The van der Waals surface area contributed by atoms with Crippen LogP contribution in [0.4, 0.5) is 0 Å². The molecule has 0 unspecified atom stereocenters. The van der Waals surface area contributed by atoms with Gasteiger partial charge in [0.05, 0.1) is 12.9 Å².